The first-order valence-electron chi connectivity index (χ1n) is 11.5. The number of carbonyl (C=O) groups is 1. The Bertz CT molecular complexity index is 784. The van der Waals surface area contributed by atoms with Crippen molar-refractivity contribution < 1.29 is 4.79 Å². The summed E-state index contributed by atoms with van der Waals surface area (Å²) in [4.78, 5) is 13.8. The van der Waals surface area contributed by atoms with E-state index in [2.05, 4.69) is 69.4 Å². The van der Waals surface area contributed by atoms with E-state index in [1.807, 2.05) is 12.1 Å². The van der Waals surface area contributed by atoms with Crippen LogP contribution in [0.25, 0.3) is 0 Å². The molecule has 0 aliphatic carbocycles. The van der Waals surface area contributed by atoms with Crippen LogP contribution in [0.5, 0.6) is 0 Å². The Kier molecular flexibility index (Phi) is 8.58. The van der Waals surface area contributed by atoms with Crippen LogP contribution in [-0.4, -0.2) is 64.8 Å². The Hall–Kier alpha value is -1.47. The van der Waals surface area contributed by atoms with E-state index in [4.69, 9.17) is 23.2 Å². The van der Waals surface area contributed by atoms with Gasteiger partial charge in [-0.2, -0.15) is 0 Å². The van der Waals surface area contributed by atoms with Gasteiger partial charge in [0.2, 0.25) is 0 Å². The highest BCUT2D eigenvalue weighted by Gasteiger charge is 2.40. The summed E-state index contributed by atoms with van der Waals surface area (Å²) in [5.41, 5.74) is 9.33. The zero-order chi connectivity index (χ0) is 22.3. The molecule has 2 heterocycles. The van der Waals surface area contributed by atoms with Crippen molar-refractivity contribution in [3.8, 4) is 0 Å². The van der Waals surface area contributed by atoms with Crippen LogP contribution in [-0.2, 0) is 17.6 Å². The summed E-state index contributed by atoms with van der Waals surface area (Å²) in [5.74, 6) is 0.196. The van der Waals surface area contributed by atoms with Gasteiger partial charge >= 0.3 is 0 Å². The van der Waals surface area contributed by atoms with Crippen molar-refractivity contribution in [1.29, 1.82) is 0 Å². The number of halogens is 2. The van der Waals surface area contributed by atoms with Gasteiger partial charge in [0.05, 0.1) is 12.1 Å². The predicted octanol–water partition coefficient (Wildman–Crippen LogP) is 3.41. The molecule has 172 valence electrons. The summed E-state index contributed by atoms with van der Waals surface area (Å²) in [6.07, 6.45) is 3.06. The third kappa shape index (κ3) is 6.31. The molecule has 2 aliphatic heterocycles. The summed E-state index contributed by atoms with van der Waals surface area (Å²) in [6, 6.07) is 20.2. The highest BCUT2D eigenvalue weighted by molar-refractivity contribution is 6.21. The van der Waals surface area contributed by atoms with Crippen molar-refractivity contribution in [3.05, 3.63) is 71.8 Å². The number of nitrogens with zero attached hydrogens (tertiary/aromatic N) is 2. The zero-order valence-electron chi connectivity index (χ0n) is 18.3. The van der Waals surface area contributed by atoms with Crippen LogP contribution in [0.3, 0.4) is 0 Å². The lowest BCUT2D eigenvalue weighted by molar-refractivity contribution is -0.135. The van der Waals surface area contributed by atoms with Crippen LogP contribution in [0.4, 0.5) is 0 Å². The normalized spacial score (nSPS) is 27.3. The number of carbonyl (C=O) groups excluding carboxylic acids is 1. The summed E-state index contributed by atoms with van der Waals surface area (Å²) >= 11 is 13.0. The second kappa shape index (κ2) is 11.6. The fourth-order valence-electron chi connectivity index (χ4n) is 4.58. The number of nitrogens with one attached hydrogen (secondary N) is 2. The first kappa shape index (κ1) is 23.7. The Morgan fingerprint density at radius 2 is 1.16 bits per heavy atom. The standard InChI is InChI=1S/C25H32Cl2N4O/c26-21-15-23(30(28-17-21)13-11-19-7-3-1-4-8-19)25(32)24-16-22(27)18-29-31(24)14-12-20-9-5-2-6-10-20/h1-10,21-24,28-29H,11-18H2. The summed E-state index contributed by atoms with van der Waals surface area (Å²) in [5, 5.41) is 4.08. The van der Waals surface area contributed by atoms with E-state index in [0.29, 0.717) is 25.9 Å². The number of hydrogen-bond acceptors (Lipinski definition) is 5. The van der Waals surface area contributed by atoms with Crippen LogP contribution in [0, 0.1) is 0 Å². The largest absolute Gasteiger partial charge is 0.296 e. The molecule has 2 aromatic carbocycles. The van der Waals surface area contributed by atoms with Gasteiger partial charge in [-0.05, 0) is 36.8 Å². The van der Waals surface area contributed by atoms with Crippen LogP contribution in [0.2, 0.25) is 0 Å². The number of hydrogen-bond donors (Lipinski definition) is 2. The molecule has 4 atom stereocenters. The van der Waals surface area contributed by atoms with Gasteiger partial charge in [-0.15, -0.1) is 23.2 Å². The maximum absolute atomic E-state index is 13.8. The first-order valence-corrected chi connectivity index (χ1v) is 12.4. The number of hydrazine groups is 2. The van der Waals surface area contributed by atoms with Crippen LogP contribution in [0.15, 0.2) is 60.7 Å². The van der Waals surface area contributed by atoms with Crippen LogP contribution in [0.1, 0.15) is 24.0 Å². The van der Waals surface area contributed by atoms with E-state index in [-0.39, 0.29) is 28.6 Å². The average molecular weight is 475 g/mol. The third-order valence-electron chi connectivity index (χ3n) is 6.37. The van der Waals surface area contributed by atoms with E-state index in [1.54, 1.807) is 0 Å². The molecule has 32 heavy (non-hydrogen) atoms. The van der Waals surface area contributed by atoms with E-state index >= 15 is 0 Å². The molecule has 0 amide bonds. The van der Waals surface area contributed by atoms with E-state index < -0.39 is 0 Å². The van der Waals surface area contributed by atoms with Gasteiger partial charge in [-0.1, -0.05) is 60.7 Å². The first-order chi connectivity index (χ1) is 15.6. The SMILES string of the molecule is O=C(C1CC(Cl)CNN1CCc1ccccc1)C1CC(Cl)CNN1CCc1ccccc1. The predicted molar refractivity (Wildman–Crippen MR) is 131 cm³/mol. The maximum atomic E-state index is 13.8. The molecule has 0 spiro atoms. The van der Waals surface area contributed by atoms with Crippen molar-refractivity contribution in [1.82, 2.24) is 20.9 Å². The van der Waals surface area contributed by atoms with Gasteiger partial charge in [0, 0.05) is 36.9 Å². The molecule has 4 rings (SSSR count). The third-order valence-corrected chi connectivity index (χ3v) is 7.03. The molecule has 7 heteroatoms. The van der Waals surface area contributed by atoms with Gasteiger partial charge in [0.1, 0.15) is 0 Å². The Morgan fingerprint density at radius 3 is 1.56 bits per heavy atom. The molecule has 0 saturated carbocycles. The van der Waals surface area contributed by atoms with Gasteiger partial charge < -0.3 is 0 Å². The van der Waals surface area contributed by atoms with E-state index in [0.717, 1.165) is 25.9 Å². The van der Waals surface area contributed by atoms with Gasteiger partial charge in [0.15, 0.2) is 5.78 Å². The lowest BCUT2D eigenvalue weighted by atomic mass is 9.93. The summed E-state index contributed by atoms with van der Waals surface area (Å²) in [7, 11) is 0. The fourth-order valence-corrected chi connectivity index (χ4v) is 5.05. The van der Waals surface area contributed by atoms with Crippen LogP contribution < -0.4 is 10.9 Å². The Labute approximate surface area is 201 Å². The molecule has 0 aromatic heterocycles. The number of alkyl halides is 2. The van der Waals surface area contributed by atoms with Gasteiger partial charge in [-0.25, -0.2) is 10.0 Å². The highest BCUT2D eigenvalue weighted by Crippen LogP contribution is 2.24. The number of ketones is 1. The van der Waals surface area contributed by atoms with Crippen molar-refractivity contribution >= 4 is 29.0 Å². The minimum absolute atomic E-state index is 0.0574. The molecule has 2 saturated heterocycles. The lowest BCUT2D eigenvalue weighted by Gasteiger charge is -2.43. The molecule has 2 fully saturated rings. The molecule has 5 nitrogen and oxygen atoms in total. The average Bonchev–Trinajstić information content (AvgIpc) is 2.83. The number of benzene rings is 2. The zero-order valence-corrected chi connectivity index (χ0v) is 19.8. The molecular formula is C25H32Cl2N4O. The lowest BCUT2D eigenvalue weighted by Crippen LogP contribution is -2.64. The van der Waals surface area contributed by atoms with Crippen LogP contribution >= 0.6 is 23.2 Å². The molecule has 4 unspecified atom stereocenters. The van der Waals surface area contributed by atoms with Gasteiger partial charge in [0.25, 0.3) is 0 Å². The Morgan fingerprint density at radius 1 is 0.750 bits per heavy atom. The van der Waals surface area contributed by atoms with E-state index in [1.165, 1.54) is 11.1 Å². The molecule has 2 aliphatic rings. The topological polar surface area (TPSA) is 47.6 Å². The number of Topliss-reactive ketones (excluding diaryl/α,β-unsaturated/α-hetero) is 1. The molecule has 2 aromatic rings. The van der Waals surface area contributed by atoms with Crippen molar-refractivity contribution in [2.75, 3.05) is 26.2 Å². The molecular weight excluding hydrogens is 443 g/mol. The maximum Gasteiger partial charge on any atom is 0.169 e. The second-order valence-corrected chi connectivity index (χ2v) is 9.92. The minimum Gasteiger partial charge on any atom is -0.296 e. The summed E-state index contributed by atoms with van der Waals surface area (Å²) in [6.45, 7) is 2.88. The second-order valence-electron chi connectivity index (χ2n) is 8.68. The Balaban J connectivity index is 1.44. The molecule has 0 bridgehead atoms. The fraction of sp³-hybridized carbons (Fsp3) is 0.480. The van der Waals surface area contributed by atoms with Crippen molar-refractivity contribution in [2.24, 2.45) is 0 Å². The summed E-state index contributed by atoms with van der Waals surface area (Å²) < 4.78 is 0. The smallest absolute Gasteiger partial charge is 0.169 e. The molecule has 0 radical (unpaired) electrons. The van der Waals surface area contributed by atoms with Crippen molar-refractivity contribution in [2.45, 2.75) is 48.5 Å². The molecule has 2 N–H and O–H groups in total. The van der Waals surface area contributed by atoms with Crippen molar-refractivity contribution in [3.63, 3.8) is 0 Å². The minimum atomic E-state index is -0.261. The van der Waals surface area contributed by atoms with E-state index in [9.17, 15) is 4.79 Å². The quantitative estimate of drug-likeness (QED) is 0.574. The van der Waals surface area contributed by atoms with Gasteiger partial charge in [-0.3, -0.25) is 15.6 Å². The highest BCUT2D eigenvalue weighted by atomic mass is 35.5. The monoisotopic (exact) mass is 474 g/mol. The number of rotatable bonds is 8.